The van der Waals surface area contributed by atoms with Gasteiger partial charge in [-0.2, -0.15) is 0 Å². The molecule has 2 aromatic carbocycles. The molecule has 2 amide bonds. The number of pyridine rings is 1. The van der Waals surface area contributed by atoms with Crippen LogP contribution >= 0.6 is 0 Å². The fourth-order valence-electron chi connectivity index (χ4n) is 2.48. The van der Waals surface area contributed by atoms with Crippen molar-refractivity contribution in [1.29, 1.82) is 0 Å². The zero-order valence-electron chi connectivity index (χ0n) is 15.7. The summed E-state index contributed by atoms with van der Waals surface area (Å²) in [6, 6.07) is 21.2. The van der Waals surface area contributed by atoms with Gasteiger partial charge in [0, 0.05) is 6.04 Å². The first-order valence-corrected chi connectivity index (χ1v) is 8.94. The Kier molecular flexibility index (Phi) is 6.01. The maximum atomic E-state index is 12.7. The zero-order chi connectivity index (χ0) is 19.9. The molecule has 0 radical (unpaired) electrons. The summed E-state index contributed by atoms with van der Waals surface area (Å²) in [6.45, 7) is 3.72. The van der Waals surface area contributed by atoms with E-state index in [1.807, 2.05) is 50.2 Å². The van der Waals surface area contributed by atoms with Crippen LogP contribution in [0.2, 0.25) is 0 Å². The summed E-state index contributed by atoms with van der Waals surface area (Å²) in [5.74, 6) is 0.422. The van der Waals surface area contributed by atoms with Crippen molar-refractivity contribution >= 4 is 17.5 Å². The van der Waals surface area contributed by atoms with Gasteiger partial charge in [0.2, 0.25) is 0 Å². The highest BCUT2D eigenvalue weighted by atomic mass is 16.5. The van der Waals surface area contributed by atoms with Gasteiger partial charge in [-0.3, -0.25) is 9.59 Å². The summed E-state index contributed by atoms with van der Waals surface area (Å²) in [7, 11) is 0. The number of aromatic nitrogens is 1. The zero-order valence-corrected chi connectivity index (χ0v) is 15.7. The van der Waals surface area contributed by atoms with Gasteiger partial charge < -0.3 is 15.4 Å². The molecular weight excluding hydrogens is 354 g/mol. The molecule has 0 unspecified atom stereocenters. The third-order valence-electron chi connectivity index (χ3n) is 3.74. The van der Waals surface area contributed by atoms with Crippen LogP contribution in [0.3, 0.4) is 0 Å². The first kappa shape index (κ1) is 19.1. The van der Waals surface area contributed by atoms with E-state index in [4.69, 9.17) is 4.74 Å². The topological polar surface area (TPSA) is 80.3 Å². The van der Waals surface area contributed by atoms with Crippen molar-refractivity contribution in [2.45, 2.75) is 19.9 Å². The fraction of sp³-hybridized carbons (Fsp3) is 0.136. The van der Waals surface area contributed by atoms with Crippen LogP contribution in [-0.4, -0.2) is 22.8 Å². The third kappa shape index (κ3) is 4.94. The van der Waals surface area contributed by atoms with E-state index in [1.165, 1.54) is 0 Å². The van der Waals surface area contributed by atoms with Crippen LogP contribution in [-0.2, 0) is 0 Å². The van der Waals surface area contributed by atoms with Crippen molar-refractivity contribution in [3.05, 3.63) is 84.2 Å². The largest absolute Gasteiger partial charge is 0.455 e. The second-order valence-corrected chi connectivity index (χ2v) is 6.40. The SMILES string of the molecule is CC(C)NC(=O)c1cccc(C(=O)Nc2ccccc2Oc2ccccc2)n1. The number of para-hydroxylation sites is 3. The molecule has 6 heteroatoms. The van der Waals surface area contributed by atoms with E-state index >= 15 is 0 Å². The van der Waals surface area contributed by atoms with Crippen LogP contribution in [0.4, 0.5) is 5.69 Å². The highest BCUT2D eigenvalue weighted by molar-refractivity contribution is 6.04. The Hall–Kier alpha value is -3.67. The second-order valence-electron chi connectivity index (χ2n) is 6.40. The molecule has 3 rings (SSSR count). The lowest BCUT2D eigenvalue weighted by Crippen LogP contribution is -2.31. The Morgan fingerprint density at radius 1 is 0.821 bits per heavy atom. The van der Waals surface area contributed by atoms with Crippen molar-refractivity contribution in [3.63, 3.8) is 0 Å². The smallest absolute Gasteiger partial charge is 0.274 e. The minimum Gasteiger partial charge on any atom is -0.455 e. The van der Waals surface area contributed by atoms with Gasteiger partial charge in [-0.05, 0) is 50.2 Å². The van der Waals surface area contributed by atoms with E-state index < -0.39 is 5.91 Å². The molecule has 0 aliphatic carbocycles. The number of nitrogens with zero attached hydrogens (tertiary/aromatic N) is 1. The van der Waals surface area contributed by atoms with E-state index in [-0.39, 0.29) is 23.3 Å². The molecule has 3 aromatic rings. The first-order chi connectivity index (χ1) is 13.5. The minimum atomic E-state index is -0.427. The number of carbonyl (C=O) groups excluding carboxylic acids is 2. The number of rotatable bonds is 6. The van der Waals surface area contributed by atoms with Gasteiger partial charge in [-0.25, -0.2) is 4.98 Å². The van der Waals surface area contributed by atoms with E-state index in [9.17, 15) is 9.59 Å². The fourth-order valence-corrected chi connectivity index (χ4v) is 2.48. The molecule has 28 heavy (non-hydrogen) atoms. The standard InChI is InChI=1S/C22H21N3O3/c1-15(2)23-21(26)18-12-8-13-19(24-18)22(27)25-17-11-6-7-14-20(17)28-16-9-4-3-5-10-16/h3-15H,1-2H3,(H,23,26)(H,25,27). The summed E-state index contributed by atoms with van der Waals surface area (Å²) in [5, 5.41) is 5.55. The molecule has 6 nitrogen and oxygen atoms in total. The molecule has 0 aliphatic rings. The lowest BCUT2D eigenvalue weighted by Gasteiger charge is -2.12. The summed E-state index contributed by atoms with van der Waals surface area (Å²) < 4.78 is 5.85. The molecule has 0 bridgehead atoms. The molecule has 1 aromatic heterocycles. The number of nitrogens with one attached hydrogen (secondary N) is 2. The lowest BCUT2D eigenvalue weighted by molar-refractivity contribution is 0.0938. The average molecular weight is 375 g/mol. The maximum Gasteiger partial charge on any atom is 0.274 e. The van der Waals surface area contributed by atoms with Crippen LogP contribution < -0.4 is 15.4 Å². The monoisotopic (exact) mass is 375 g/mol. The van der Waals surface area contributed by atoms with E-state index in [0.717, 1.165) is 0 Å². The summed E-state index contributed by atoms with van der Waals surface area (Å²) in [6.07, 6.45) is 0. The number of hydrogen-bond donors (Lipinski definition) is 2. The molecule has 0 atom stereocenters. The van der Waals surface area contributed by atoms with E-state index in [0.29, 0.717) is 17.2 Å². The van der Waals surface area contributed by atoms with E-state index in [2.05, 4.69) is 15.6 Å². The van der Waals surface area contributed by atoms with E-state index in [1.54, 1.807) is 36.4 Å². The van der Waals surface area contributed by atoms with Gasteiger partial charge in [0.25, 0.3) is 11.8 Å². The van der Waals surface area contributed by atoms with Gasteiger partial charge in [-0.15, -0.1) is 0 Å². The molecule has 0 spiro atoms. The summed E-state index contributed by atoms with van der Waals surface area (Å²) in [4.78, 5) is 28.9. The van der Waals surface area contributed by atoms with Gasteiger partial charge in [0.15, 0.2) is 5.75 Å². The van der Waals surface area contributed by atoms with Gasteiger partial charge >= 0.3 is 0 Å². The molecule has 0 saturated heterocycles. The Bertz CT molecular complexity index is 972. The highest BCUT2D eigenvalue weighted by Gasteiger charge is 2.15. The number of hydrogen-bond acceptors (Lipinski definition) is 4. The number of anilines is 1. The Morgan fingerprint density at radius 3 is 2.18 bits per heavy atom. The first-order valence-electron chi connectivity index (χ1n) is 8.94. The van der Waals surface area contributed by atoms with Crippen molar-refractivity contribution in [2.24, 2.45) is 0 Å². The molecule has 0 fully saturated rings. The van der Waals surface area contributed by atoms with Crippen molar-refractivity contribution in [3.8, 4) is 11.5 Å². The maximum absolute atomic E-state index is 12.7. The molecule has 2 N–H and O–H groups in total. The molecule has 0 saturated carbocycles. The predicted molar refractivity (Wildman–Crippen MR) is 108 cm³/mol. The lowest BCUT2D eigenvalue weighted by atomic mass is 10.2. The summed E-state index contributed by atoms with van der Waals surface area (Å²) in [5.41, 5.74) is 0.844. The quantitative estimate of drug-likeness (QED) is 0.674. The Balaban J connectivity index is 1.78. The van der Waals surface area contributed by atoms with Crippen molar-refractivity contribution in [1.82, 2.24) is 10.3 Å². The molecule has 142 valence electrons. The van der Waals surface area contributed by atoms with Gasteiger partial charge in [0.1, 0.15) is 17.1 Å². The predicted octanol–water partition coefficient (Wildman–Crippen LogP) is 4.26. The van der Waals surface area contributed by atoms with Crippen molar-refractivity contribution < 1.29 is 14.3 Å². The number of amides is 2. The molecular formula is C22H21N3O3. The highest BCUT2D eigenvalue weighted by Crippen LogP contribution is 2.29. The average Bonchev–Trinajstić information content (AvgIpc) is 2.70. The van der Waals surface area contributed by atoms with Crippen LogP contribution in [0.1, 0.15) is 34.8 Å². The number of benzene rings is 2. The second kappa shape index (κ2) is 8.81. The summed E-state index contributed by atoms with van der Waals surface area (Å²) >= 11 is 0. The van der Waals surface area contributed by atoms with Gasteiger partial charge in [-0.1, -0.05) is 36.4 Å². The number of carbonyl (C=O) groups is 2. The van der Waals surface area contributed by atoms with Crippen LogP contribution in [0.25, 0.3) is 0 Å². The molecule has 0 aliphatic heterocycles. The van der Waals surface area contributed by atoms with Crippen LogP contribution in [0.5, 0.6) is 11.5 Å². The minimum absolute atomic E-state index is 0.0196. The van der Waals surface area contributed by atoms with Gasteiger partial charge in [0.05, 0.1) is 5.69 Å². The normalized spacial score (nSPS) is 10.4. The molecule has 1 heterocycles. The van der Waals surface area contributed by atoms with Crippen molar-refractivity contribution in [2.75, 3.05) is 5.32 Å². The Morgan fingerprint density at radius 2 is 1.46 bits per heavy atom. The van der Waals surface area contributed by atoms with Crippen LogP contribution in [0, 0.1) is 0 Å². The Labute approximate surface area is 163 Å². The number of ether oxygens (including phenoxy) is 1. The third-order valence-corrected chi connectivity index (χ3v) is 3.74. The van der Waals surface area contributed by atoms with Crippen LogP contribution in [0.15, 0.2) is 72.8 Å².